The summed E-state index contributed by atoms with van der Waals surface area (Å²) in [4.78, 5) is 12.6. The summed E-state index contributed by atoms with van der Waals surface area (Å²) in [5.74, 6) is 0.0940. The topological polar surface area (TPSA) is 111 Å². The van der Waals surface area contributed by atoms with E-state index in [-0.39, 0.29) is 16.5 Å². The van der Waals surface area contributed by atoms with Gasteiger partial charge in [0, 0.05) is 17.3 Å². The molecule has 0 aliphatic heterocycles. The molecule has 0 heterocycles. The largest absolute Gasteiger partial charge is 0.495 e. The Morgan fingerprint density at radius 3 is 2.56 bits per heavy atom. The number of hydrogen-bond donors (Lipinski definition) is 3. The highest BCUT2D eigenvalue weighted by Gasteiger charge is 2.23. The van der Waals surface area contributed by atoms with Crippen LogP contribution in [0.15, 0.2) is 47.4 Å². The Hall–Kier alpha value is -2.58. The number of hydrogen-bond acceptors (Lipinski definition) is 5. The van der Waals surface area contributed by atoms with E-state index in [9.17, 15) is 13.2 Å². The fourth-order valence-electron chi connectivity index (χ4n) is 3.15. The molecule has 0 bridgehead atoms. The van der Waals surface area contributed by atoms with E-state index in [1.165, 1.54) is 19.2 Å². The second-order valence-electron chi connectivity index (χ2n) is 6.54. The van der Waals surface area contributed by atoms with Crippen LogP contribution in [-0.4, -0.2) is 27.5 Å². The van der Waals surface area contributed by atoms with Gasteiger partial charge in [0.15, 0.2) is 0 Å². The Balaban J connectivity index is 1.76. The molecule has 1 amide bonds. The maximum atomic E-state index is 12.6. The number of amides is 1. The SMILES string of the molecule is COc1ccc(NC(=O)c2cccc(S(=O)(=O)NC3CCCC3)c2)cc1N. The molecule has 2 aromatic rings. The highest BCUT2D eigenvalue weighted by Crippen LogP contribution is 2.25. The number of benzene rings is 2. The van der Waals surface area contributed by atoms with Gasteiger partial charge in [0.25, 0.3) is 5.91 Å². The number of anilines is 2. The average molecular weight is 389 g/mol. The lowest BCUT2D eigenvalue weighted by molar-refractivity contribution is 0.102. The van der Waals surface area contributed by atoms with Crippen LogP contribution in [0.2, 0.25) is 0 Å². The summed E-state index contributed by atoms with van der Waals surface area (Å²) in [5.41, 5.74) is 6.98. The van der Waals surface area contributed by atoms with Crippen LogP contribution in [0.1, 0.15) is 36.0 Å². The molecule has 1 aliphatic rings. The summed E-state index contributed by atoms with van der Waals surface area (Å²) >= 11 is 0. The molecule has 0 aromatic heterocycles. The monoisotopic (exact) mass is 389 g/mol. The van der Waals surface area contributed by atoms with Crippen molar-refractivity contribution in [2.75, 3.05) is 18.2 Å². The van der Waals surface area contributed by atoms with Crippen LogP contribution in [0.3, 0.4) is 0 Å². The quantitative estimate of drug-likeness (QED) is 0.658. The second-order valence-corrected chi connectivity index (χ2v) is 8.26. The Bertz CT molecular complexity index is 938. The van der Waals surface area contributed by atoms with E-state index in [0.717, 1.165) is 25.7 Å². The van der Waals surface area contributed by atoms with Gasteiger partial charge in [-0.15, -0.1) is 0 Å². The van der Waals surface area contributed by atoms with Crippen molar-refractivity contribution in [3.05, 3.63) is 48.0 Å². The third-order valence-corrected chi connectivity index (χ3v) is 6.09. The van der Waals surface area contributed by atoms with Gasteiger partial charge in [0.1, 0.15) is 5.75 Å². The predicted molar refractivity (Wildman–Crippen MR) is 104 cm³/mol. The molecule has 0 saturated heterocycles. The predicted octanol–water partition coefficient (Wildman–Crippen LogP) is 2.75. The van der Waals surface area contributed by atoms with Crippen LogP contribution >= 0.6 is 0 Å². The maximum absolute atomic E-state index is 12.6. The third-order valence-electron chi connectivity index (χ3n) is 4.57. The minimum Gasteiger partial charge on any atom is -0.495 e. The van der Waals surface area contributed by atoms with Gasteiger partial charge in [0.2, 0.25) is 10.0 Å². The Labute approximate surface area is 159 Å². The molecule has 1 saturated carbocycles. The van der Waals surface area contributed by atoms with E-state index < -0.39 is 15.9 Å². The van der Waals surface area contributed by atoms with E-state index in [1.54, 1.807) is 30.3 Å². The van der Waals surface area contributed by atoms with Gasteiger partial charge < -0.3 is 15.8 Å². The van der Waals surface area contributed by atoms with Crippen molar-refractivity contribution in [2.24, 2.45) is 0 Å². The first-order valence-electron chi connectivity index (χ1n) is 8.76. The van der Waals surface area contributed by atoms with Gasteiger partial charge in [-0.25, -0.2) is 13.1 Å². The molecule has 1 fully saturated rings. The number of ether oxygens (including phenoxy) is 1. The third kappa shape index (κ3) is 4.58. The van der Waals surface area contributed by atoms with Crippen molar-refractivity contribution < 1.29 is 17.9 Å². The first-order valence-corrected chi connectivity index (χ1v) is 10.2. The molecule has 3 rings (SSSR count). The molecule has 8 heteroatoms. The maximum Gasteiger partial charge on any atom is 0.255 e. The molecule has 2 aromatic carbocycles. The van der Waals surface area contributed by atoms with E-state index in [0.29, 0.717) is 17.1 Å². The minimum absolute atomic E-state index is 0.0326. The van der Waals surface area contributed by atoms with Gasteiger partial charge in [-0.2, -0.15) is 0 Å². The lowest BCUT2D eigenvalue weighted by Gasteiger charge is -2.13. The molecular weight excluding hydrogens is 366 g/mol. The Kier molecular flexibility index (Phi) is 5.67. The molecule has 144 valence electrons. The van der Waals surface area contributed by atoms with E-state index in [2.05, 4.69) is 10.0 Å². The normalized spacial score (nSPS) is 14.9. The smallest absolute Gasteiger partial charge is 0.255 e. The number of carbonyl (C=O) groups excluding carboxylic acids is 1. The zero-order valence-corrected chi connectivity index (χ0v) is 15.9. The van der Waals surface area contributed by atoms with Crippen molar-refractivity contribution in [1.29, 1.82) is 0 Å². The number of nitrogen functional groups attached to an aromatic ring is 1. The number of methoxy groups -OCH3 is 1. The Morgan fingerprint density at radius 2 is 1.89 bits per heavy atom. The van der Waals surface area contributed by atoms with Crippen molar-refractivity contribution in [3.63, 3.8) is 0 Å². The fourth-order valence-corrected chi connectivity index (χ4v) is 4.50. The van der Waals surface area contributed by atoms with Gasteiger partial charge in [-0.3, -0.25) is 4.79 Å². The first kappa shape index (κ1) is 19.2. The zero-order chi connectivity index (χ0) is 19.4. The van der Waals surface area contributed by atoms with Crippen LogP contribution in [0.25, 0.3) is 0 Å². The molecular formula is C19H23N3O4S. The minimum atomic E-state index is -3.65. The summed E-state index contributed by atoms with van der Waals surface area (Å²) in [7, 11) is -2.15. The van der Waals surface area contributed by atoms with E-state index in [1.807, 2.05) is 0 Å². The van der Waals surface area contributed by atoms with Crippen LogP contribution in [0.5, 0.6) is 5.75 Å². The lowest BCUT2D eigenvalue weighted by Crippen LogP contribution is -2.32. The number of rotatable bonds is 6. The number of nitrogens with one attached hydrogen (secondary N) is 2. The van der Waals surface area contributed by atoms with Gasteiger partial charge in [-0.05, 0) is 49.2 Å². The van der Waals surface area contributed by atoms with Crippen molar-refractivity contribution in [3.8, 4) is 5.75 Å². The van der Waals surface area contributed by atoms with Crippen molar-refractivity contribution in [1.82, 2.24) is 4.72 Å². The Morgan fingerprint density at radius 1 is 1.15 bits per heavy atom. The fraction of sp³-hybridized carbons (Fsp3) is 0.316. The van der Waals surface area contributed by atoms with E-state index in [4.69, 9.17) is 10.5 Å². The van der Waals surface area contributed by atoms with Crippen LogP contribution in [0, 0.1) is 0 Å². The zero-order valence-electron chi connectivity index (χ0n) is 15.1. The summed E-state index contributed by atoms with van der Waals surface area (Å²) in [6.45, 7) is 0. The summed E-state index contributed by atoms with van der Waals surface area (Å²) < 4.78 is 32.9. The molecule has 0 radical (unpaired) electrons. The van der Waals surface area contributed by atoms with Crippen LogP contribution < -0.4 is 20.5 Å². The summed E-state index contributed by atoms with van der Waals surface area (Å²) in [6.07, 6.45) is 3.75. The molecule has 0 atom stereocenters. The average Bonchev–Trinajstić information content (AvgIpc) is 3.14. The van der Waals surface area contributed by atoms with Gasteiger partial charge in [0.05, 0.1) is 17.7 Å². The molecule has 1 aliphatic carbocycles. The molecule has 0 spiro atoms. The number of nitrogens with two attached hydrogens (primary N) is 1. The molecule has 27 heavy (non-hydrogen) atoms. The number of carbonyl (C=O) groups is 1. The lowest BCUT2D eigenvalue weighted by atomic mass is 10.2. The van der Waals surface area contributed by atoms with Crippen molar-refractivity contribution >= 4 is 27.3 Å². The van der Waals surface area contributed by atoms with Crippen molar-refractivity contribution in [2.45, 2.75) is 36.6 Å². The molecule has 0 unspecified atom stereocenters. The highest BCUT2D eigenvalue weighted by atomic mass is 32.2. The van der Waals surface area contributed by atoms with Gasteiger partial charge >= 0.3 is 0 Å². The van der Waals surface area contributed by atoms with E-state index >= 15 is 0 Å². The summed E-state index contributed by atoms with van der Waals surface area (Å²) in [5, 5.41) is 2.71. The van der Waals surface area contributed by atoms with Crippen LogP contribution in [-0.2, 0) is 10.0 Å². The number of sulfonamides is 1. The molecule has 7 nitrogen and oxygen atoms in total. The molecule has 4 N–H and O–H groups in total. The highest BCUT2D eigenvalue weighted by molar-refractivity contribution is 7.89. The summed E-state index contributed by atoms with van der Waals surface area (Å²) in [6, 6.07) is 10.8. The first-order chi connectivity index (χ1) is 12.9. The van der Waals surface area contributed by atoms with Gasteiger partial charge in [-0.1, -0.05) is 18.9 Å². The van der Waals surface area contributed by atoms with Crippen LogP contribution in [0.4, 0.5) is 11.4 Å². The standard InChI is InChI=1S/C19H23N3O4S/c1-26-18-10-9-15(12-17(18)20)21-19(23)13-5-4-8-16(11-13)27(24,25)22-14-6-2-3-7-14/h4-5,8-12,14,22H,2-3,6-7,20H2,1H3,(H,21,23). The second kappa shape index (κ2) is 7.98.